The fourth-order valence-corrected chi connectivity index (χ4v) is 0.792. The number of hydrogen-bond acceptors (Lipinski definition) is 2. The van der Waals surface area contributed by atoms with E-state index in [4.69, 9.17) is 4.74 Å². The highest BCUT2D eigenvalue weighted by Crippen LogP contribution is 2.05. The highest BCUT2D eigenvalue weighted by atomic mass is 16.5. The first kappa shape index (κ1) is 7.12. The molecule has 0 fully saturated rings. The van der Waals surface area contributed by atoms with Crippen LogP contribution in [0.5, 0.6) is 0 Å². The molecule has 0 aromatic carbocycles. The summed E-state index contributed by atoms with van der Waals surface area (Å²) >= 11 is 0. The molecule has 1 radical (unpaired) electrons. The Bertz CT molecular complexity index is 172. The predicted octanol–water partition coefficient (Wildman–Crippen LogP) is 1.25. The molecule has 3 nitrogen and oxygen atoms in total. The summed E-state index contributed by atoms with van der Waals surface area (Å²) in [4.78, 5) is 0. The van der Waals surface area contributed by atoms with E-state index in [2.05, 4.69) is 17.5 Å². The van der Waals surface area contributed by atoms with Crippen LogP contribution >= 0.6 is 0 Å². The van der Waals surface area contributed by atoms with Crippen molar-refractivity contribution in [3.05, 3.63) is 12.0 Å². The lowest BCUT2D eigenvalue weighted by molar-refractivity contribution is 0.264. The van der Waals surface area contributed by atoms with Crippen LogP contribution in [-0.4, -0.2) is 12.8 Å². The number of ether oxygens (including phenoxy) is 1. The fourth-order valence-electron chi connectivity index (χ4n) is 0.792. The Hall–Kier alpha value is -0.990. The van der Waals surface area contributed by atoms with Gasteiger partial charge in [0, 0.05) is 6.08 Å². The molecule has 0 aromatic heterocycles. The van der Waals surface area contributed by atoms with Crippen LogP contribution in [0.4, 0.5) is 0 Å². The zero-order valence-corrected chi connectivity index (χ0v) is 6.29. The van der Waals surface area contributed by atoms with Gasteiger partial charge in [-0.25, -0.2) is 0 Å². The Morgan fingerprint density at radius 1 is 1.60 bits per heavy atom. The minimum absolute atomic E-state index is 0.614. The van der Waals surface area contributed by atoms with Gasteiger partial charge in [-0.05, 0) is 6.42 Å². The second kappa shape index (κ2) is 3.25. The van der Waals surface area contributed by atoms with E-state index in [1.54, 1.807) is 7.11 Å². The molecule has 0 spiro atoms. The predicted molar refractivity (Wildman–Crippen MR) is 39.6 cm³/mol. The van der Waals surface area contributed by atoms with Crippen molar-refractivity contribution in [1.82, 2.24) is 5.43 Å². The van der Waals surface area contributed by atoms with Crippen LogP contribution in [0.15, 0.2) is 17.1 Å². The zero-order valence-electron chi connectivity index (χ0n) is 6.29. The number of nitrogens with zero attached hydrogens (tertiary/aromatic N) is 2. The van der Waals surface area contributed by atoms with E-state index in [-0.39, 0.29) is 0 Å². The standard InChI is InChI=1S/C7H11N2O/c1-3-4-6-5-7(10-2)9-8-6/h5H,3-4H2,1-2H3. The van der Waals surface area contributed by atoms with Crippen molar-refractivity contribution < 1.29 is 4.74 Å². The molecule has 0 N–H and O–H groups in total. The lowest BCUT2D eigenvalue weighted by Gasteiger charge is -1.91. The summed E-state index contributed by atoms with van der Waals surface area (Å²) in [5.74, 6) is 0.614. The van der Waals surface area contributed by atoms with Gasteiger partial charge >= 0.3 is 0 Å². The van der Waals surface area contributed by atoms with Crippen molar-refractivity contribution in [3.8, 4) is 0 Å². The molecule has 1 heterocycles. The first-order chi connectivity index (χ1) is 4.86. The first-order valence-corrected chi connectivity index (χ1v) is 3.40. The molecule has 55 valence electrons. The van der Waals surface area contributed by atoms with Crippen molar-refractivity contribution in [2.75, 3.05) is 7.11 Å². The minimum atomic E-state index is 0.614. The zero-order chi connectivity index (χ0) is 7.40. The Morgan fingerprint density at radius 3 is 2.90 bits per heavy atom. The van der Waals surface area contributed by atoms with Crippen LogP contribution in [0, 0.1) is 0 Å². The molecule has 3 heteroatoms. The van der Waals surface area contributed by atoms with Crippen LogP contribution in [0.3, 0.4) is 0 Å². The van der Waals surface area contributed by atoms with Crippen LogP contribution in [0.25, 0.3) is 0 Å². The Kier molecular flexibility index (Phi) is 2.31. The smallest absolute Gasteiger partial charge is 0.234 e. The van der Waals surface area contributed by atoms with Crippen molar-refractivity contribution in [1.29, 1.82) is 0 Å². The molecular formula is C7H11N2O. The second-order valence-electron chi connectivity index (χ2n) is 2.13. The summed E-state index contributed by atoms with van der Waals surface area (Å²) in [6, 6.07) is 0. The van der Waals surface area contributed by atoms with Gasteiger partial charge < -0.3 is 4.74 Å². The van der Waals surface area contributed by atoms with E-state index < -0.39 is 0 Å². The molecule has 0 atom stereocenters. The molecular weight excluding hydrogens is 128 g/mol. The van der Waals surface area contributed by atoms with Gasteiger partial charge in [0.1, 0.15) is 0 Å². The maximum absolute atomic E-state index is 4.87. The Morgan fingerprint density at radius 2 is 2.40 bits per heavy atom. The Balaban J connectivity index is 2.42. The number of hydrogen-bond donors (Lipinski definition) is 0. The molecule has 0 saturated heterocycles. The molecule has 1 aliphatic heterocycles. The summed E-state index contributed by atoms with van der Waals surface area (Å²) in [6.07, 6.45) is 3.95. The van der Waals surface area contributed by atoms with E-state index in [0.717, 1.165) is 18.6 Å². The van der Waals surface area contributed by atoms with Crippen LogP contribution in [0.1, 0.15) is 19.8 Å². The Labute approximate surface area is 60.8 Å². The topological polar surface area (TPSA) is 35.7 Å². The molecule has 0 saturated carbocycles. The molecule has 0 unspecified atom stereocenters. The van der Waals surface area contributed by atoms with Gasteiger partial charge in [0.15, 0.2) is 0 Å². The van der Waals surface area contributed by atoms with Crippen LogP contribution in [0.2, 0.25) is 0 Å². The average Bonchev–Trinajstić information content (AvgIpc) is 2.37. The van der Waals surface area contributed by atoms with Crippen LogP contribution < -0.4 is 5.43 Å². The molecule has 1 rings (SSSR count). The normalized spacial score (nSPS) is 15.8. The van der Waals surface area contributed by atoms with Gasteiger partial charge in [-0.15, -0.1) is 5.43 Å². The third-order valence-corrected chi connectivity index (χ3v) is 1.28. The summed E-state index contributed by atoms with van der Waals surface area (Å²) in [5.41, 5.74) is 4.79. The maximum atomic E-state index is 4.87. The van der Waals surface area contributed by atoms with Gasteiger partial charge in [0.2, 0.25) is 5.88 Å². The minimum Gasteiger partial charge on any atom is -0.480 e. The SMILES string of the molecule is CCCC1=N[N]C(OC)=C1. The summed E-state index contributed by atoms with van der Waals surface area (Å²) in [7, 11) is 1.60. The van der Waals surface area contributed by atoms with E-state index in [9.17, 15) is 0 Å². The molecule has 10 heavy (non-hydrogen) atoms. The summed E-state index contributed by atoms with van der Waals surface area (Å²) < 4.78 is 4.87. The van der Waals surface area contributed by atoms with E-state index in [1.807, 2.05) is 6.08 Å². The van der Waals surface area contributed by atoms with E-state index >= 15 is 0 Å². The molecule has 0 aromatic rings. The monoisotopic (exact) mass is 139 g/mol. The summed E-state index contributed by atoms with van der Waals surface area (Å²) in [5, 5.41) is 3.90. The number of rotatable bonds is 3. The quantitative estimate of drug-likeness (QED) is 0.579. The largest absolute Gasteiger partial charge is 0.480 e. The van der Waals surface area contributed by atoms with Gasteiger partial charge in [-0.1, -0.05) is 13.3 Å². The molecule has 1 aliphatic rings. The third-order valence-electron chi connectivity index (χ3n) is 1.28. The maximum Gasteiger partial charge on any atom is 0.234 e. The van der Waals surface area contributed by atoms with Gasteiger partial charge in [0.05, 0.1) is 12.8 Å². The summed E-state index contributed by atoms with van der Waals surface area (Å²) in [6.45, 7) is 2.11. The highest BCUT2D eigenvalue weighted by molar-refractivity contribution is 5.96. The van der Waals surface area contributed by atoms with Gasteiger partial charge in [-0.3, -0.25) is 0 Å². The molecule has 0 amide bonds. The van der Waals surface area contributed by atoms with Gasteiger partial charge in [-0.2, -0.15) is 5.10 Å². The average molecular weight is 139 g/mol. The van der Waals surface area contributed by atoms with Gasteiger partial charge in [0.25, 0.3) is 0 Å². The highest BCUT2D eigenvalue weighted by Gasteiger charge is 2.07. The lowest BCUT2D eigenvalue weighted by atomic mass is 10.2. The van der Waals surface area contributed by atoms with E-state index in [1.165, 1.54) is 0 Å². The molecule has 0 aliphatic carbocycles. The van der Waals surface area contributed by atoms with E-state index in [0.29, 0.717) is 5.88 Å². The number of methoxy groups -OCH3 is 1. The molecule has 0 bridgehead atoms. The third kappa shape index (κ3) is 1.50. The van der Waals surface area contributed by atoms with Crippen molar-refractivity contribution >= 4 is 5.71 Å². The van der Waals surface area contributed by atoms with Crippen LogP contribution in [-0.2, 0) is 4.74 Å². The van der Waals surface area contributed by atoms with Crippen molar-refractivity contribution in [2.24, 2.45) is 5.10 Å². The van der Waals surface area contributed by atoms with Crippen molar-refractivity contribution in [3.63, 3.8) is 0 Å². The first-order valence-electron chi connectivity index (χ1n) is 3.40. The van der Waals surface area contributed by atoms with Crippen molar-refractivity contribution in [2.45, 2.75) is 19.8 Å². The number of allylic oxidation sites excluding steroid dienone is 1. The second-order valence-corrected chi connectivity index (χ2v) is 2.13. The lowest BCUT2D eigenvalue weighted by Crippen LogP contribution is -1.92. The fraction of sp³-hybridized carbons (Fsp3) is 0.571.